The van der Waals surface area contributed by atoms with Crippen molar-refractivity contribution in [1.29, 1.82) is 0 Å². The molecule has 1 N–H and O–H groups in total. The zero-order valence-electron chi connectivity index (χ0n) is 14.1. The number of ether oxygens (including phenoxy) is 1. The Morgan fingerprint density at radius 2 is 2.13 bits per heavy atom. The number of aromatic nitrogens is 2. The van der Waals surface area contributed by atoms with Crippen molar-refractivity contribution in [2.45, 2.75) is 45.9 Å². The third kappa shape index (κ3) is 3.62. The number of hydrogen-bond donors (Lipinski definition) is 1. The molecule has 23 heavy (non-hydrogen) atoms. The first-order valence-electron chi connectivity index (χ1n) is 8.15. The lowest BCUT2D eigenvalue weighted by Gasteiger charge is -2.52. The molecule has 1 saturated carbocycles. The fraction of sp³-hybridized carbons (Fsp3) is 0.556. The van der Waals surface area contributed by atoms with Crippen molar-refractivity contribution in [3.8, 4) is 0 Å². The average molecular weight is 315 g/mol. The highest BCUT2D eigenvalue weighted by Gasteiger charge is 2.47. The van der Waals surface area contributed by atoms with Gasteiger partial charge in [0.05, 0.1) is 5.69 Å². The Morgan fingerprint density at radius 3 is 2.83 bits per heavy atom. The molecule has 1 aliphatic rings. The van der Waals surface area contributed by atoms with Gasteiger partial charge in [0.2, 0.25) is 0 Å². The van der Waals surface area contributed by atoms with E-state index in [9.17, 15) is 0 Å². The van der Waals surface area contributed by atoms with E-state index in [1.165, 1.54) is 12.0 Å². The standard InChI is InChI=1S/C18H25N3O2/c1-18(2)14(8-15-10-16(12-22-3)23-21-15)9-17(18)20-11-13-4-6-19-7-5-13/h4-7,10,14,17,20H,8-9,11-12H2,1-3H3/t14-,17+/m1/s1. The molecule has 0 spiro atoms. The zero-order valence-corrected chi connectivity index (χ0v) is 14.1. The highest BCUT2D eigenvalue weighted by molar-refractivity contribution is 5.13. The van der Waals surface area contributed by atoms with Crippen LogP contribution in [0.1, 0.15) is 37.3 Å². The van der Waals surface area contributed by atoms with Gasteiger partial charge in [-0.25, -0.2) is 0 Å². The Morgan fingerprint density at radius 1 is 1.35 bits per heavy atom. The molecule has 5 heteroatoms. The molecule has 0 aliphatic heterocycles. The van der Waals surface area contributed by atoms with Gasteiger partial charge in [0, 0.05) is 38.2 Å². The second-order valence-electron chi connectivity index (χ2n) is 6.96. The molecular formula is C18H25N3O2. The summed E-state index contributed by atoms with van der Waals surface area (Å²) < 4.78 is 10.3. The van der Waals surface area contributed by atoms with Crippen LogP contribution in [-0.2, 0) is 24.3 Å². The molecule has 2 heterocycles. The van der Waals surface area contributed by atoms with E-state index in [0.717, 1.165) is 24.4 Å². The lowest BCUT2D eigenvalue weighted by atomic mass is 9.57. The molecule has 1 aliphatic carbocycles. The van der Waals surface area contributed by atoms with E-state index < -0.39 is 0 Å². The van der Waals surface area contributed by atoms with E-state index >= 15 is 0 Å². The molecule has 124 valence electrons. The maximum absolute atomic E-state index is 5.28. The molecule has 0 bridgehead atoms. The zero-order chi connectivity index (χ0) is 16.3. The number of nitrogens with one attached hydrogen (secondary N) is 1. The van der Waals surface area contributed by atoms with Crippen LogP contribution in [0, 0.1) is 11.3 Å². The molecule has 2 aromatic heterocycles. The number of rotatable bonds is 7. The molecule has 1 fully saturated rings. The second kappa shape index (κ2) is 6.81. The van der Waals surface area contributed by atoms with Crippen LogP contribution < -0.4 is 5.32 Å². The van der Waals surface area contributed by atoms with E-state index in [1.807, 2.05) is 18.5 Å². The highest BCUT2D eigenvalue weighted by Crippen LogP contribution is 2.47. The summed E-state index contributed by atoms with van der Waals surface area (Å²) in [6, 6.07) is 6.66. The monoisotopic (exact) mass is 315 g/mol. The quantitative estimate of drug-likeness (QED) is 0.851. The van der Waals surface area contributed by atoms with E-state index in [4.69, 9.17) is 9.26 Å². The summed E-state index contributed by atoms with van der Waals surface area (Å²) in [5.74, 6) is 1.42. The van der Waals surface area contributed by atoms with Gasteiger partial charge in [-0.05, 0) is 41.9 Å². The number of hydrogen-bond acceptors (Lipinski definition) is 5. The third-order valence-electron chi connectivity index (χ3n) is 5.12. The largest absolute Gasteiger partial charge is 0.377 e. The van der Waals surface area contributed by atoms with Gasteiger partial charge in [-0.2, -0.15) is 0 Å². The Kier molecular flexibility index (Phi) is 4.78. The topological polar surface area (TPSA) is 60.2 Å². The average Bonchev–Trinajstić information content (AvgIpc) is 2.99. The van der Waals surface area contributed by atoms with Crippen molar-refractivity contribution in [2.24, 2.45) is 11.3 Å². The molecule has 5 nitrogen and oxygen atoms in total. The predicted molar refractivity (Wildman–Crippen MR) is 87.7 cm³/mol. The summed E-state index contributed by atoms with van der Waals surface area (Å²) in [6.07, 6.45) is 5.82. The molecule has 3 rings (SSSR count). The molecule has 2 aromatic rings. The molecule has 2 atom stereocenters. The Bertz CT molecular complexity index is 624. The number of methoxy groups -OCH3 is 1. The Balaban J connectivity index is 1.51. The fourth-order valence-corrected chi connectivity index (χ4v) is 3.37. The minimum absolute atomic E-state index is 0.257. The molecule has 0 radical (unpaired) electrons. The van der Waals surface area contributed by atoms with Gasteiger partial charge >= 0.3 is 0 Å². The second-order valence-corrected chi connectivity index (χ2v) is 6.96. The van der Waals surface area contributed by atoms with E-state index in [0.29, 0.717) is 18.6 Å². The first-order chi connectivity index (χ1) is 11.1. The van der Waals surface area contributed by atoms with Crippen molar-refractivity contribution in [3.05, 3.63) is 47.6 Å². The molecule has 0 aromatic carbocycles. The van der Waals surface area contributed by atoms with Gasteiger partial charge in [0.15, 0.2) is 5.76 Å². The summed E-state index contributed by atoms with van der Waals surface area (Å²) in [6.45, 7) is 6.05. The van der Waals surface area contributed by atoms with E-state index in [-0.39, 0.29) is 5.41 Å². The summed E-state index contributed by atoms with van der Waals surface area (Å²) in [5.41, 5.74) is 2.57. The predicted octanol–water partition coefficient (Wildman–Crippen LogP) is 2.96. The van der Waals surface area contributed by atoms with Gasteiger partial charge in [-0.3, -0.25) is 4.98 Å². The summed E-state index contributed by atoms with van der Waals surface area (Å²) in [7, 11) is 1.66. The summed E-state index contributed by atoms with van der Waals surface area (Å²) >= 11 is 0. The van der Waals surface area contributed by atoms with Crippen molar-refractivity contribution < 1.29 is 9.26 Å². The smallest absolute Gasteiger partial charge is 0.162 e. The maximum atomic E-state index is 5.28. The van der Waals surface area contributed by atoms with Crippen molar-refractivity contribution in [1.82, 2.24) is 15.5 Å². The van der Waals surface area contributed by atoms with Crippen LogP contribution in [0.2, 0.25) is 0 Å². The first kappa shape index (κ1) is 16.1. The third-order valence-corrected chi connectivity index (χ3v) is 5.12. The van der Waals surface area contributed by atoms with Gasteiger partial charge in [0.1, 0.15) is 6.61 Å². The van der Waals surface area contributed by atoms with Crippen LogP contribution in [0.3, 0.4) is 0 Å². The van der Waals surface area contributed by atoms with Crippen LogP contribution in [0.5, 0.6) is 0 Å². The summed E-state index contributed by atoms with van der Waals surface area (Å²) in [5, 5.41) is 7.83. The van der Waals surface area contributed by atoms with Crippen molar-refractivity contribution in [2.75, 3.05) is 7.11 Å². The molecule has 0 unspecified atom stereocenters. The van der Waals surface area contributed by atoms with Crippen molar-refractivity contribution >= 4 is 0 Å². The van der Waals surface area contributed by atoms with Crippen LogP contribution in [0.15, 0.2) is 35.1 Å². The van der Waals surface area contributed by atoms with Gasteiger partial charge in [-0.1, -0.05) is 19.0 Å². The van der Waals surface area contributed by atoms with Gasteiger partial charge in [-0.15, -0.1) is 0 Å². The van der Waals surface area contributed by atoms with E-state index in [1.54, 1.807) is 7.11 Å². The minimum atomic E-state index is 0.257. The van der Waals surface area contributed by atoms with Crippen LogP contribution in [-0.4, -0.2) is 23.3 Å². The fourth-order valence-electron chi connectivity index (χ4n) is 3.37. The molecular weight excluding hydrogens is 290 g/mol. The summed E-state index contributed by atoms with van der Waals surface area (Å²) in [4.78, 5) is 4.06. The van der Waals surface area contributed by atoms with Crippen LogP contribution in [0.25, 0.3) is 0 Å². The highest BCUT2D eigenvalue weighted by atomic mass is 16.5. The number of nitrogens with zero attached hydrogens (tertiary/aromatic N) is 2. The number of pyridine rings is 1. The Hall–Kier alpha value is -1.72. The maximum Gasteiger partial charge on any atom is 0.162 e. The molecule has 0 amide bonds. The van der Waals surface area contributed by atoms with E-state index in [2.05, 4.69) is 41.4 Å². The van der Waals surface area contributed by atoms with Crippen LogP contribution >= 0.6 is 0 Å². The Labute approximate surface area is 137 Å². The SMILES string of the molecule is COCc1cc(C[C@@H]2C[C@H](NCc3ccncc3)C2(C)C)no1. The van der Waals surface area contributed by atoms with Gasteiger partial charge in [0.25, 0.3) is 0 Å². The normalized spacial score (nSPS) is 22.7. The van der Waals surface area contributed by atoms with Crippen molar-refractivity contribution in [3.63, 3.8) is 0 Å². The van der Waals surface area contributed by atoms with Gasteiger partial charge < -0.3 is 14.6 Å². The molecule has 0 saturated heterocycles. The minimum Gasteiger partial charge on any atom is -0.377 e. The first-order valence-corrected chi connectivity index (χ1v) is 8.15. The lowest BCUT2D eigenvalue weighted by Crippen LogP contribution is -2.57. The van der Waals surface area contributed by atoms with Crippen LogP contribution in [0.4, 0.5) is 0 Å². The lowest BCUT2D eigenvalue weighted by molar-refractivity contribution is 0.0125.